The number of hydrogen-bond donors (Lipinski definition) is 1. The van der Waals surface area contributed by atoms with Crippen molar-refractivity contribution in [2.45, 2.75) is 25.9 Å². The molecule has 0 saturated carbocycles. The molecule has 6 heteroatoms. The number of aliphatic carboxylic acids is 1. The summed E-state index contributed by atoms with van der Waals surface area (Å²) in [6.07, 6.45) is 1.45. The first-order valence-corrected chi connectivity index (χ1v) is 6.35. The molecule has 0 bridgehead atoms. The van der Waals surface area contributed by atoms with Crippen molar-refractivity contribution in [3.63, 3.8) is 0 Å². The van der Waals surface area contributed by atoms with Crippen LogP contribution in [0.3, 0.4) is 0 Å². The second kappa shape index (κ2) is 6.77. The smallest absolute Gasteiger partial charge is 0.345 e. The molecule has 0 saturated heterocycles. The Labute approximate surface area is 89.6 Å². The molecule has 5 nitrogen and oxygen atoms in total. The molecule has 0 aliphatic carbocycles. The van der Waals surface area contributed by atoms with Crippen LogP contribution >= 0.6 is 7.60 Å². The molecule has 0 fully saturated rings. The second-order valence-corrected chi connectivity index (χ2v) is 4.97. The van der Waals surface area contributed by atoms with Crippen molar-refractivity contribution in [1.82, 2.24) is 0 Å². The molecule has 1 N–H and O–H groups in total. The quantitative estimate of drug-likeness (QED) is 0.517. The third kappa shape index (κ3) is 4.16. The van der Waals surface area contributed by atoms with Gasteiger partial charge in [-0.1, -0.05) is 6.08 Å². The summed E-state index contributed by atoms with van der Waals surface area (Å²) in [5, 5.41) is 8.91. The Hall–Kier alpha value is -0.640. The minimum Gasteiger partial charge on any atom is -0.481 e. The van der Waals surface area contributed by atoms with Gasteiger partial charge in [0.1, 0.15) is 0 Å². The minimum atomic E-state index is -3.57. The van der Waals surface area contributed by atoms with Crippen molar-refractivity contribution in [1.29, 1.82) is 0 Å². The summed E-state index contributed by atoms with van der Waals surface area (Å²) in [6, 6.07) is 0. The Morgan fingerprint density at radius 2 is 1.93 bits per heavy atom. The topological polar surface area (TPSA) is 72.8 Å². The molecule has 0 aliphatic heterocycles. The number of rotatable bonds is 8. The summed E-state index contributed by atoms with van der Waals surface area (Å²) in [4.78, 5) is 10.9. The molecule has 88 valence electrons. The van der Waals surface area contributed by atoms with Gasteiger partial charge < -0.3 is 14.2 Å². The molecule has 0 aromatic carbocycles. The lowest BCUT2D eigenvalue weighted by Gasteiger charge is -2.22. The van der Waals surface area contributed by atoms with Crippen LogP contribution in [0.4, 0.5) is 0 Å². The Balaban J connectivity index is 4.89. The summed E-state index contributed by atoms with van der Waals surface area (Å²) in [6.45, 7) is 7.00. The number of carboxylic acids is 1. The van der Waals surface area contributed by atoms with E-state index in [1.165, 1.54) is 6.08 Å². The van der Waals surface area contributed by atoms with Crippen LogP contribution in [0.25, 0.3) is 0 Å². The van der Waals surface area contributed by atoms with Gasteiger partial charge >= 0.3 is 13.6 Å². The highest BCUT2D eigenvalue weighted by atomic mass is 31.2. The van der Waals surface area contributed by atoms with E-state index in [2.05, 4.69) is 6.58 Å². The van der Waals surface area contributed by atoms with Crippen molar-refractivity contribution in [2.75, 3.05) is 13.2 Å². The summed E-state index contributed by atoms with van der Waals surface area (Å²) in [5.41, 5.74) is -1.17. The molecule has 0 aliphatic rings. The number of allylic oxidation sites excluding steroid dienone is 1. The van der Waals surface area contributed by atoms with E-state index in [0.717, 1.165) is 0 Å². The Morgan fingerprint density at radius 3 is 2.20 bits per heavy atom. The molecule has 0 radical (unpaired) electrons. The summed E-state index contributed by atoms with van der Waals surface area (Å²) < 4.78 is 22.0. The van der Waals surface area contributed by atoms with Gasteiger partial charge in [0, 0.05) is 0 Å². The molecule has 15 heavy (non-hydrogen) atoms. The average molecular weight is 236 g/mol. The van der Waals surface area contributed by atoms with Crippen LogP contribution in [-0.2, 0) is 18.4 Å². The zero-order chi connectivity index (χ0) is 11.9. The predicted molar refractivity (Wildman–Crippen MR) is 57.1 cm³/mol. The lowest BCUT2D eigenvalue weighted by molar-refractivity contribution is -0.136. The van der Waals surface area contributed by atoms with Crippen LogP contribution in [0.5, 0.6) is 0 Å². The zero-order valence-electron chi connectivity index (χ0n) is 9.01. The fourth-order valence-electron chi connectivity index (χ4n) is 1.10. The molecule has 0 heterocycles. The SMILES string of the molecule is C=CCC(C(=O)O)P(=O)(OCC)OCC. The summed E-state index contributed by atoms with van der Waals surface area (Å²) in [5.74, 6) is -1.19. The fourth-order valence-corrected chi connectivity index (χ4v) is 2.93. The van der Waals surface area contributed by atoms with Crippen molar-refractivity contribution in [3.8, 4) is 0 Å². The number of carboxylic acid groups (broad SMARTS) is 1. The van der Waals surface area contributed by atoms with Gasteiger partial charge in [-0.2, -0.15) is 0 Å². The predicted octanol–water partition coefficient (Wildman–Crippen LogP) is 2.28. The highest BCUT2D eigenvalue weighted by molar-refractivity contribution is 7.55. The van der Waals surface area contributed by atoms with Gasteiger partial charge in [-0.3, -0.25) is 9.36 Å². The number of hydrogen-bond acceptors (Lipinski definition) is 4. The van der Waals surface area contributed by atoms with E-state index in [4.69, 9.17) is 14.2 Å². The molecule has 1 unspecified atom stereocenters. The largest absolute Gasteiger partial charge is 0.481 e. The van der Waals surface area contributed by atoms with Crippen molar-refractivity contribution >= 4 is 13.6 Å². The van der Waals surface area contributed by atoms with Gasteiger partial charge in [0.25, 0.3) is 0 Å². The lowest BCUT2D eigenvalue weighted by atomic mass is 10.3. The van der Waals surface area contributed by atoms with Gasteiger partial charge in [-0.05, 0) is 20.3 Å². The first-order chi connectivity index (χ1) is 7.01. The summed E-state index contributed by atoms with van der Waals surface area (Å²) >= 11 is 0. The molecule has 0 amide bonds. The van der Waals surface area contributed by atoms with E-state index in [0.29, 0.717) is 0 Å². The first-order valence-electron chi connectivity index (χ1n) is 4.74. The van der Waals surface area contributed by atoms with Crippen LogP contribution in [-0.4, -0.2) is 29.9 Å². The molecule has 0 rings (SSSR count). The Bertz CT molecular complexity index is 253. The van der Waals surface area contributed by atoms with Crippen LogP contribution in [0.2, 0.25) is 0 Å². The van der Waals surface area contributed by atoms with E-state index in [1.807, 2.05) is 0 Å². The van der Waals surface area contributed by atoms with E-state index >= 15 is 0 Å². The maximum Gasteiger partial charge on any atom is 0.345 e. The van der Waals surface area contributed by atoms with Crippen LogP contribution in [0.15, 0.2) is 12.7 Å². The van der Waals surface area contributed by atoms with Crippen molar-refractivity contribution in [2.24, 2.45) is 0 Å². The van der Waals surface area contributed by atoms with Crippen LogP contribution < -0.4 is 0 Å². The fraction of sp³-hybridized carbons (Fsp3) is 0.667. The Morgan fingerprint density at radius 1 is 1.47 bits per heavy atom. The Kier molecular flexibility index (Phi) is 6.48. The van der Waals surface area contributed by atoms with Crippen LogP contribution in [0, 0.1) is 0 Å². The van der Waals surface area contributed by atoms with Gasteiger partial charge in [-0.15, -0.1) is 6.58 Å². The maximum absolute atomic E-state index is 12.1. The molecule has 0 aromatic heterocycles. The standard InChI is InChI=1S/C9H17O5P/c1-4-7-8(9(10)11)15(12,13-5-2)14-6-3/h4,8H,1,5-7H2,2-3H3,(H,10,11). The lowest BCUT2D eigenvalue weighted by Crippen LogP contribution is -2.22. The second-order valence-electron chi connectivity index (χ2n) is 2.75. The van der Waals surface area contributed by atoms with Crippen molar-refractivity contribution < 1.29 is 23.5 Å². The third-order valence-electron chi connectivity index (χ3n) is 1.67. The van der Waals surface area contributed by atoms with Gasteiger partial charge in [-0.25, -0.2) is 0 Å². The van der Waals surface area contributed by atoms with Gasteiger partial charge in [0.15, 0.2) is 5.66 Å². The van der Waals surface area contributed by atoms with E-state index < -0.39 is 19.2 Å². The summed E-state index contributed by atoms with van der Waals surface area (Å²) in [7, 11) is -3.57. The van der Waals surface area contributed by atoms with Crippen molar-refractivity contribution in [3.05, 3.63) is 12.7 Å². The average Bonchev–Trinajstić information content (AvgIpc) is 2.14. The normalized spacial score (nSPS) is 13.5. The monoisotopic (exact) mass is 236 g/mol. The van der Waals surface area contributed by atoms with Crippen LogP contribution in [0.1, 0.15) is 20.3 Å². The molecule has 0 spiro atoms. The third-order valence-corrected chi connectivity index (χ3v) is 4.11. The van der Waals surface area contributed by atoms with E-state index in [1.54, 1.807) is 13.8 Å². The molecule has 0 aromatic rings. The minimum absolute atomic E-state index is 0.0621. The maximum atomic E-state index is 12.1. The van der Waals surface area contributed by atoms with Gasteiger partial charge in [0.2, 0.25) is 0 Å². The van der Waals surface area contributed by atoms with E-state index in [9.17, 15) is 9.36 Å². The zero-order valence-corrected chi connectivity index (χ0v) is 9.90. The highest BCUT2D eigenvalue weighted by Gasteiger charge is 2.40. The molecular weight excluding hydrogens is 219 g/mol. The van der Waals surface area contributed by atoms with Gasteiger partial charge in [0.05, 0.1) is 13.2 Å². The molecular formula is C9H17O5P. The number of carbonyl (C=O) groups is 1. The van der Waals surface area contributed by atoms with E-state index in [-0.39, 0.29) is 19.6 Å². The first kappa shape index (κ1) is 14.4. The molecule has 1 atom stereocenters. The highest BCUT2D eigenvalue weighted by Crippen LogP contribution is 2.54.